The van der Waals surface area contributed by atoms with Crippen molar-refractivity contribution in [3.05, 3.63) is 23.7 Å². The highest BCUT2D eigenvalue weighted by Gasteiger charge is 1.96. The van der Waals surface area contributed by atoms with E-state index in [1.54, 1.807) is 0 Å². The largest absolute Gasteiger partial charge is 0.466 e. The van der Waals surface area contributed by atoms with Crippen LogP contribution in [0.2, 0.25) is 0 Å². The standard InChI is InChI=1S/C8H12BrNO/c1-7-2-3-8(11-7)4-5-10-6-9/h2-3,10H,4-6H2,1H3. The molecule has 0 radical (unpaired) electrons. The number of alkyl halides is 1. The lowest BCUT2D eigenvalue weighted by Crippen LogP contribution is -2.13. The van der Waals surface area contributed by atoms with E-state index in [-0.39, 0.29) is 0 Å². The van der Waals surface area contributed by atoms with Crippen LogP contribution in [0, 0.1) is 6.92 Å². The van der Waals surface area contributed by atoms with Crippen LogP contribution < -0.4 is 5.32 Å². The van der Waals surface area contributed by atoms with Gasteiger partial charge in [0.05, 0.1) is 5.45 Å². The van der Waals surface area contributed by atoms with E-state index in [9.17, 15) is 0 Å². The third kappa shape index (κ3) is 3.08. The molecular formula is C8H12BrNO. The van der Waals surface area contributed by atoms with Crippen molar-refractivity contribution in [2.24, 2.45) is 0 Å². The van der Waals surface area contributed by atoms with Gasteiger partial charge in [-0.15, -0.1) is 0 Å². The van der Waals surface area contributed by atoms with Gasteiger partial charge in [-0.3, -0.25) is 0 Å². The van der Waals surface area contributed by atoms with E-state index in [2.05, 4.69) is 21.2 Å². The van der Waals surface area contributed by atoms with E-state index in [1.165, 1.54) is 0 Å². The maximum atomic E-state index is 5.37. The molecule has 0 spiro atoms. The zero-order chi connectivity index (χ0) is 8.10. The average Bonchev–Trinajstić information content (AvgIpc) is 2.37. The maximum absolute atomic E-state index is 5.37. The summed E-state index contributed by atoms with van der Waals surface area (Å²) in [4.78, 5) is 0. The molecule has 2 nitrogen and oxygen atoms in total. The molecular weight excluding hydrogens is 206 g/mol. The normalized spacial score (nSPS) is 10.4. The van der Waals surface area contributed by atoms with Crippen molar-refractivity contribution < 1.29 is 4.42 Å². The van der Waals surface area contributed by atoms with Crippen LogP contribution in [-0.2, 0) is 6.42 Å². The van der Waals surface area contributed by atoms with Crippen LogP contribution in [0.4, 0.5) is 0 Å². The molecule has 62 valence electrons. The summed E-state index contributed by atoms with van der Waals surface area (Å²) < 4.78 is 5.37. The number of nitrogens with one attached hydrogen (secondary N) is 1. The molecule has 1 N–H and O–H groups in total. The monoisotopic (exact) mass is 217 g/mol. The summed E-state index contributed by atoms with van der Waals surface area (Å²) in [6.07, 6.45) is 0.958. The van der Waals surface area contributed by atoms with Crippen molar-refractivity contribution in [2.75, 3.05) is 12.0 Å². The second-order valence-electron chi connectivity index (χ2n) is 2.40. The maximum Gasteiger partial charge on any atom is 0.105 e. The number of hydrogen-bond donors (Lipinski definition) is 1. The molecule has 1 rings (SSSR count). The molecule has 0 aliphatic heterocycles. The Hall–Kier alpha value is -0.280. The molecule has 1 aromatic rings. The summed E-state index contributed by atoms with van der Waals surface area (Å²) in [6.45, 7) is 2.92. The van der Waals surface area contributed by atoms with E-state index in [1.807, 2.05) is 19.1 Å². The van der Waals surface area contributed by atoms with Crippen LogP contribution in [0.5, 0.6) is 0 Å². The molecule has 0 saturated heterocycles. The third-order valence-electron chi connectivity index (χ3n) is 1.44. The number of rotatable bonds is 4. The molecule has 0 bridgehead atoms. The van der Waals surface area contributed by atoms with E-state index in [0.29, 0.717) is 0 Å². The van der Waals surface area contributed by atoms with E-state index < -0.39 is 0 Å². The molecule has 0 amide bonds. The first-order valence-corrected chi connectivity index (χ1v) is 4.77. The number of halogens is 1. The average molecular weight is 218 g/mol. The fourth-order valence-corrected chi connectivity index (χ4v) is 1.18. The Balaban J connectivity index is 2.27. The first-order chi connectivity index (χ1) is 5.33. The zero-order valence-corrected chi connectivity index (χ0v) is 8.15. The Morgan fingerprint density at radius 2 is 2.36 bits per heavy atom. The summed E-state index contributed by atoms with van der Waals surface area (Å²) in [6, 6.07) is 4.01. The molecule has 0 saturated carbocycles. The summed E-state index contributed by atoms with van der Waals surface area (Å²) in [5, 5.41) is 3.16. The van der Waals surface area contributed by atoms with Crippen molar-refractivity contribution in [2.45, 2.75) is 13.3 Å². The Morgan fingerprint density at radius 1 is 1.55 bits per heavy atom. The molecule has 0 fully saturated rings. The molecule has 0 aliphatic carbocycles. The van der Waals surface area contributed by atoms with Crippen LogP contribution >= 0.6 is 15.9 Å². The minimum atomic E-state index is 0.840. The highest BCUT2D eigenvalue weighted by Crippen LogP contribution is 2.05. The lowest BCUT2D eigenvalue weighted by atomic mass is 10.3. The highest BCUT2D eigenvalue weighted by atomic mass is 79.9. The highest BCUT2D eigenvalue weighted by molar-refractivity contribution is 9.09. The number of furan rings is 1. The van der Waals surface area contributed by atoms with Crippen LogP contribution in [0.25, 0.3) is 0 Å². The van der Waals surface area contributed by atoms with Crippen molar-refractivity contribution >= 4 is 15.9 Å². The predicted octanol–water partition coefficient (Wildman–Crippen LogP) is 2.07. The summed E-state index contributed by atoms with van der Waals surface area (Å²) in [5.74, 6) is 2.04. The molecule has 0 aromatic carbocycles. The topological polar surface area (TPSA) is 25.2 Å². The van der Waals surface area contributed by atoms with Gasteiger partial charge < -0.3 is 9.73 Å². The smallest absolute Gasteiger partial charge is 0.105 e. The van der Waals surface area contributed by atoms with Gasteiger partial charge in [0, 0.05) is 13.0 Å². The first-order valence-electron chi connectivity index (χ1n) is 3.65. The van der Waals surface area contributed by atoms with Gasteiger partial charge in [0.2, 0.25) is 0 Å². The van der Waals surface area contributed by atoms with Crippen LogP contribution in [0.3, 0.4) is 0 Å². The molecule has 0 aliphatic rings. The second-order valence-corrected chi connectivity index (χ2v) is 2.96. The number of aryl methyl sites for hydroxylation is 1. The molecule has 0 unspecified atom stereocenters. The summed E-state index contributed by atoms with van der Waals surface area (Å²) in [7, 11) is 0. The lowest BCUT2D eigenvalue weighted by Gasteiger charge is -1.96. The fourth-order valence-electron chi connectivity index (χ4n) is 0.898. The predicted molar refractivity (Wildman–Crippen MR) is 48.9 cm³/mol. The molecule has 1 heterocycles. The van der Waals surface area contributed by atoms with Crippen molar-refractivity contribution in [3.8, 4) is 0 Å². The molecule has 11 heavy (non-hydrogen) atoms. The summed E-state index contributed by atoms with van der Waals surface area (Å²) >= 11 is 3.29. The van der Waals surface area contributed by atoms with E-state index in [0.717, 1.165) is 29.9 Å². The van der Waals surface area contributed by atoms with Crippen molar-refractivity contribution in [1.82, 2.24) is 5.32 Å². The van der Waals surface area contributed by atoms with E-state index in [4.69, 9.17) is 4.42 Å². The van der Waals surface area contributed by atoms with Gasteiger partial charge in [-0.05, 0) is 19.1 Å². The van der Waals surface area contributed by atoms with Gasteiger partial charge in [0.25, 0.3) is 0 Å². The first kappa shape index (κ1) is 8.81. The third-order valence-corrected chi connectivity index (χ3v) is 1.84. The second kappa shape index (κ2) is 4.57. The molecule has 3 heteroatoms. The SMILES string of the molecule is Cc1ccc(CCNCBr)o1. The van der Waals surface area contributed by atoms with Crippen molar-refractivity contribution in [3.63, 3.8) is 0 Å². The van der Waals surface area contributed by atoms with Crippen molar-refractivity contribution in [1.29, 1.82) is 0 Å². The minimum absolute atomic E-state index is 0.840. The lowest BCUT2D eigenvalue weighted by molar-refractivity contribution is 0.479. The van der Waals surface area contributed by atoms with Gasteiger partial charge in [-0.1, -0.05) is 15.9 Å². The molecule has 0 atom stereocenters. The Labute approximate surface area is 75.1 Å². The van der Waals surface area contributed by atoms with Gasteiger partial charge >= 0.3 is 0 Å². The quantitative estimate of drug-likeness (QED) is 0.475. The van der Waals surface area contributed by atoms with Gasteiger partial charge in [0.1, 0.15) is 11.5 Å². The fraction of sp³-hybridized carbons (Fsp3) is 0.500. The molecule has 1 aromatic heterocycles. The zero-order valence-electron chi connectivity index (χ0n) is 6.56. The van der Waals surface area contributed by atoms with Gasteiger partial charge in [-0.25, -0.2) is 0 Å². The van der Waals surface area contributed by atoms with Gasteiger partial charge in [0.15, 0.2) is 0 Å². The summed E-state index contributed by atoms with van der Waals surface area (Å²) in [5.41, 5.74) is 0.840. The van der Waals surface area contributed by atoms with Crippen LogP contribution in [0.15, 0.2) is 16.5 Å². The number of hydrogen-bond acceptors (Lipinski definition) is 2. The Kier molecular flexibility index (Phi) is 3.66. The minimum Gasteiger partial charge on any atom is -0.466 e. The van der Waals surface area contributed by atoms with Gasteiger partial charge in [-0.2, -0.15) is 0 Å². The van der Waals surface area contributed by atoms with Crippen LogP contribution in [0.1, 0.15) is 11.5 Å². The van der Waals surface area contributed by atoms with E-state index >= 15 is 0 Å². The Morgan fingerprint density at radius 3 is 2.91 bits per heavy atom. The van der Waals surface area contributed by atoms with Crippen LogP contribution in [-0.4, -0.2) is 12.0 Å². The Bertz CT molecular complexity index is 210.